The van der Waals surface area contributed by atoms with Gasteiger partial charge >= 0.3 is 0 Å². The van der Waals surface area contributed by atoms with Crippen LogP contribution in [0.1, 0.15) is 6.42 Å². The van der Waals surface area contributed by atoms with Crippen molar-refractivity contribution in [3.05, 3.63) is 23.8 Å². The summed E-state index contributed by atoms with van der Waals surface area (Å²) < 4.78 is 10.7. The minimum atomic E-state index is -0.633. The highest BCUT2D eigenvalue weighted by atomic mass is 16.6. The lowest BCUT2D eigenvalue weighted by Crippen LogP contribution is -2.30. The van der Waals surface area contributed by atoms with Gasteiger partial charge < -0.3 is 9.47 Å². The van der Waals surface area contributed by atoms with Crippen LogP contribution in [0.3, 0.4) is 0 Å². The number of hydrogen-bond acceptors (Lipinski definition) is 2. The summed E-state index contributed by atoms with van der Waals surface area (Å²) in [6.45, 7) is 1.32. The number of rotatable bonds is 3. The normalized spacial score (nSPS) is 32.7. The predicted molar refractivity (Wildman–Crippen MR) is 57.9 cm³/mol. The summed E-state index contributed by atoms with van der Waals surface area (Å²) in [4.78, 5) is 0. The molecular weight excluding hydrogens is 188 g/mol. The Balaban J connectivity index is 1.99. The van der Waals surface area contributed by atoms with Gasteiger partial charge in [0.05, 0.1) is 13.2 Å². The number of allylic oxidation sites excluding steroid dienone is 2. The van der Waals surface area contributed by atoms with E-state index in [1.165, 1.54) is 0 Å². The van der Waals surface area contributed by atoms with Crippen LogP contribution in [0.2, 0.25) is 0 Å². The Kier molecular flexibility index (Phi) is 2.64. The first-order valence-electron chi connectivity index (χ1n) is 4.87. The minimum Gasteiger partial charge on any atom is -0.371 e. The average molecular weight is 200 g/mol. The summed E-state index contributed by atoms with van der Waals surface area (Å²) in [5.74, 6) is 5.24. The maximum Gasteiger partial charge on any atom is 0.150 e. The lowest BCUT2D eigenvalue weighted by Gasteiger charge is -2.26. The number of terminal acetylenes is 2. The zero-order valence-electron chi connectivity index (χ0n) is 8.40. The van der Waals surface area contributed by atoms with E-state index in [1.54, 1.807) is 0 Å². The quantitative estimate of drug-likeness (QED) is 0.506. The van der Waals surface area contributed by atoms with Crippen molar-refractivity contribution in [2.24, 2.45) is 0 Å². The van der Waals surface area contributed by atoms with E-state index in [4.69, 9.17) is 22.3 Å². The van der Waals surface area contributed by atoms with Crippen LogP contribution in [0.25, 0.3) is 0 Å². The van der Waals surface area contributed by atoms with Crippen LogP contribution in [0.5, 0.6) is 0 Å². The molecule has 2 heteroatoms. The topological polar surface area (TPSA) is 21.8 Å². The van der Waals surface area contributed by atoms with E-state index in [0.717, 1.165) is 12.2 Å². The zero-order chi connectivity index (χ0) is 10.7. The molecule has 1 fully saturated rings. The summed E-state index contributed by atoms with van der Waals surface area (Å²) >= 11 is 0. The minimum absolute atomic E-state index is 0.224. The molecule has 2 rings (SSSR count). The van der Waals surface area contributed by atoms with Crippen LogP contribution in [0.4, 0.5) is 0 Å². The van der Waals surface area contributed by atoms with Gasteiger partial charge in [-0.2, -0.15) is 0 Å². The fourth-order valence-corrected chi connectivity index (χ4v) is 1.39. The van der Waals surface area contributed by atoms with E-state index in [-0.39, 0.29) is 6.10 Å². The Bertz CT molecular complexity index is 388. The maximum atomic E-state index is 5.68. The average Bonchev–Trinajstić information content (AvgIpc) is 3.11. The Labute approximate surface area is 90.0 Å². The molecule has 2 unspecified atom stereocenters. The Morgan fingerprint density at radius 2 is 2.40 bits per heavy atom. The van der Waals surface area contributed by atoms with Crippen molar-refractivity contribution in [2.45, 2.75) is 18.1 Å². The van der Waals surface area contributed by atoms with Gasteiger partial charge in [0.15, 0.2) is 5.60 Å². The molecule has 0 aromatic heterocycles. The predicted octanol–water partition coefficient (Wildman–Crippen LogP) is 1.29. The second kappa shape index (κ2) is 3.95. The lowest BCUT2D eigenvalue weighted by molar-refractivity contribution is 0.0264. The summed E-state index contributed by atoms with van der Waals surface area (Å²) in [5, 5.41) is 0. The monoisotopic (exact) mass is 200 g/mol. The van der Waals surface area contributed by atoms with Crippen molar-refractivity contribution in [3.8, 4) is 24.7 Å². The summed E-state index contributed by atoms with van der Waals surface area (Å²) in [5.41, 5.74) is 0.221. The summed E-state index contributed by atoms with van der Waals surface area (Å²) in [6.07, 6.45) is 17.2. The van der Waals surface area contributed by atoms with Gasteiger partial charge in [0, 0.05) is 12.0 Å². The molecule has 1 aliphatic heterocycles. The van der Waals surface area contributed by atoms with Crippen LogP contribution < -0.4 is 0 Å². The molecule has 0 amide bonds. The highest BCUT2D eigenvalue weighted by Gasteiger charge is 2.31. The molecule has 15 heavy (non-hydrogen) atoms. The first-order chi connectivity index (χ1) is 7.28. The van der Waals surface area contributed by atoms with Crippen LogP contribution >= 0.6 is 0 Å². The van der Waals surface area contributed by atoms with E-state index in [2.05, 4.69) is 11.8 Å². The molecule has 1 aliphatic carbocycles. The van der Waals surface area contributed by atoms with Crippen molar-refractivity contribution < 1.29 is 9.47 Å². The first-order valence-corrected chi connectivity index (χ1v) is 4.87. The molecule has 2 aliphatic rings. The second-order valence-electron chi connectivity index (χ2n) is 3.64. The Morgan fingerprint density at radius 1 is 1.60 bits per heavy atom. The Hall–Kier alpha value is -1.48. The third kappa shape index (κ3) is 2.30. The highest BCUT2D eigenvalue weighted by Crippen LogP contribution is 2.25. The number of epoxide rings is 1. The van der Waals surface area contributed by atoms with Crippen molar-refractivity contribution in [1.29, 1.82) is 0 Å². The van der Waals surface area contributed by atoms with Crippen molar-refractivity contribution >= 4 is 0 Å². The second-order valence-corrected chi connectivity index (χ2v) is 3.64. The number of hydrogen-bond donors (Lipinski definition) is 0. The van der Waals surface area contributed by atoms with E-state index >= 15 is 0 Å². The molecule has 1 saturated heterocycles. The molecule has 0 radical (unpaired) electrons. The molecule has 76 valence electrons. The van der Waals surface area contributed by atoms with Gasteiger partial charge in [-0.05, 0) is 12.2 Å². The molecule has 0 N–H and O–H groups in total. The molecule has 0 saturated carbocycles. The van der Waals surface area contributed by atoms with E-state index in [0.29, 0.717) is 13.0 Å². The molecule has 1 heterocycles. The smallest absolute Gasteiger partial charge is 0.150 e. The number of ether oxygens (including phenoxy) is 2. The molecule has 0 spiro atoms. The van der Waals surface area contributed by atoms with Crippen molar-refractivity contribution in [1.82, 2.24) is 0 Å². The molecule has 0 aromatic carbocycles. The fraction of sp³-hybridized carbons (Fsp3) is 0.385. The van der Waals surface area contributed by atoms with Crippen molar-refractivity contribution in [3.63, 3.8) is 0 Å². The van der Waals surface area contributed by atoms with Gasteiger partial charge in [-0.15, -0.1) is 12.8 Å². The van der Waals surface area contributed by atoms with Gasteiger partial charge in [0.1, 0.15) is 6.10 Å². The molecule has 0 bridgehead atoms. The van der Waals surface area contributed by atoms with Gasteiger partial charge in [-0.1, -0.05) is 17.9 Å². The van der Waals surface area contributed by atoms with Gasteiger partial charge in [0.2, 0.25) is 0 Å². The molecular formula is C13H12O2. The maximum absolute atomic E-state index is 5.68. The van der Waals surface area contributed by atoms with Crippen LogP contribution in [-0.4, -0.2) is 24.9 Å². The largest absolute Gasteiger partial charge is 0.371 e. The Morgan fingerprint density at radius 3 is 2.87 bits per heavy atom. The lowest BCUT2D eigenvalue weighted by atomic mass is 9.93. The fourth-order valence-electron chi connectivity index (χ4n) is 1.39. The zero-order valence-corrected chi connectivity index (χ0v) is 8.40. The molecule has 2 nitrogen and oxygen atoms in total. The molecule has 0 aromatic rings. The SMILES string of the molecule is C#CC1=CCC(C#C)(OCC2CO2)C=C1. The van der Waals surface area contributed by atoms with E-state index in [1.807, 2.05) is 18.2 Å². The van der Waals surface area contributed by atoms with Gasteiger partial charge in [0.25, 0.3) is 0 Å². The van der Waals surface area contributed by atoms with E-state index < -0.39 is 5.60 Å². The van der Waals surface area contributed by atoms with Crippen LogP contribution in [-0.2, 0) is 9.47 Å². The van der Waals surface area contributed by atoms with Crippen LogP contribution in [0, 0.1) is 24.7 Å². The molecule has 2 atom stereocenters. The van der Waals surface area contributed by atoms with Crippen LogP contribution in [0.15, 0.2) is 23.8 Å². The standard InChI is InChI=1S/C13H12O2/c1-3-11-5-7-13(4-2,8-6-11)15-10-12-9-14-12/h1-2,5-7,12H,8-10H2. The first kappa shape index (κ1) is 10.1. The summed E-state index contributed by atoms with van der Waals surface area (Å²) in [7, 11) is 0. The third-order valence-electron chi connectivity index (χ3n) is 2.50. The van der Waals surface area contributed by atoms with Crippen molar-refractivity contribution in [2.75, 3.05) is 13.2 Å². The van der Waals surface area contributed by atoms with Gasteiger partial charge in [-0.25, -0.2) is 0 Å². The highest BCUT2D eigenvalue weighted by molar-refractivity contribution is 5.43. The third-order valence-corrected chi connectivity index (χ3v) is 2.50. The van der Waals surface area contributed by atoms with Gasteiger partial charge in [-0.3, -0.25) is 0 Å². The van der Waals surface area contributed by atoms with E-state index in [9.17, 15) is 0 Å². The summed E-state index contributed by atoms with van der Waals surface area (Å²) in [6, 6.07) is 0.